The summed E-state index contributed by atoms with van der Waals surface area (Å²) in [6.45, 7) is 1.65. The summed E-state index contributed by atoms with van der Waals surface area (Å²) >= 11 is 0. The predicted octanol–water partition coefficient (Wildman–Crippen LogP) is 2.07. The molecular weight excluding hydrogens is 218 g/mol. The predicted molar refractivity (Wildman–Crippen MR) is 49.9 cm³/mol. The van der Waals surface area contributed by atoms with Gasteiger partial charge < -0.3 is 4.74 Å². The highest BCUT2D eigenvalue weighted by molar-refractivity contribution is 5.90. The van der Waals surface area contributed by atoms with Gasteiger partial charge >= 0.3 is 5.97 Å². The SMILES string of the molecule is CCOC(=O)c1ccc(C#N)nc1C(F)F. The first kappa shape index (κ1) is 12.0. The molecule has 0 N–H and O–H groups in total. The standard InChI is InChI=1S/C10H8F2N2O2/c1-2-16-10(15)7-4-3-6(5-13)14-8(7)9(11)12/h3-4,9H,2H2,1H3. The van der Waals surface area contributed by atoms with Gasteiger partial charge in [-0.15, -0.1) is 0 Å². The Morgan fingerprint density at radius 1 is 1.62 bits per heavy atom. The van der Waals surface area contributed by atoms with Gasteiger partial charge in [0.25, 0.3) is 6.43 Å². The number of hydrogen-bond donors (Lipinski definition) is 0. The van der Waals surface area contributed by atoms with Crippen LogP contribution in [0, 0.1) is 11.3 Å². The molecule has 0 bridgehead atoms. The molecule has 1 aromatic rings. The molecule has 0 amide bonds. The number of nitriles is 1. The molecule has 4 nitrogen and oxygen atoms in total. The Morgan fingerprint density at radius 2 is 2.31 bits per heavy atom. The fraction of sp³-hybridized carbons (Fsp3) is 0.300. The lowest BCUT2D eigenvalue weighted by molar-refractivity contribution is 0.0513. The normalized spacial score (nSPS) is 9.94. The molecule has 0 spiro atoms. The van der Waals surface area contributed by atoms with Crippen LogP contribution in [-0.4, -0.2) is 17.6 Å². The molecule has 6 heteroatoms. The number of esters is 1. The Balaban J connectivity index is 3.19. The van der Waals surface area contributed by atoms with Gasteiger partial charge in [-0.1, -0.05) is 0 Å². The summed E-state index contributed by atoms with van der Waals surface area (Å²) in [6.07, 6.45) is -2.92. The maximum Gasteiger partial charge on any atom is 0.340 e. The summed E-state index contributed by atoms with van der Waals surface area (Å²) < 4.78 is 29.7. The van der Waals surface area contributed by atoms with Crippen molar-refractivity contribution in [2.45, 2.75) is 13.3 Å². The molecule has 0 fully saturated rings. The largest absolute Gasteiger partial charge is 0.462 e. The van der Waals surface area contributed by atoms with Crippen LogP contribution in [0.1, 0.15) is 35.1 Å². The summed E-state index contributed by atoms with van der Waals surface area (Å²) in [4.78, 5) is 14.7. The van der Waals surface area contributed by atoms with Crippen LogP contribution >= 0.6 is 0 Å². The number of alkyl halides is 2. The van der Waals surface area contributed by atoms with Gasteiger partial charge in [-0.2, -0.15) is 5.26 Å². The van der Waals surface area contributed by atoms with Crippen LogP contribution in [0.25, 0.3) is 0 Å². The zero-order valence-corrected chi connectivity index (χ0v) is 8.41. The zero-order valence-electron chi connectivity index (χ0n) is 8.41. The third-order valence-electron chi connectivity index (χ3n) is 1.74. The molecule has 0 saturated carbocycles. The summed E-state index contributed by atoms with van der Waals surface area (Å²) in [7, 11) is 0. The first-order chi connectivity index (χ1) is 7.60. The van der Waals surface area contributed by atoms with Crippen LogP contribution in [0.2, 0.25) is 0 Å². The molecule has 0 unspecified atom stereocenters. The number of hydrogen-bond acceptors (Lipinski definition) is 4. The van der Waals surface area contributed by atoms with Crippen molar-refractivity contribution in [2.24, 2.45) is 0 Å². The molecule has 0 atom stereocenters. The van der Waals surface area contributed by atoms with Gasteiger partial charge in [0, 0.05) is 0 Å². The quantitative estimate of drug-likeness (QED) is 0.740. The number of pyridine rings is 1. The topological polar surface area (TPSA) is 63.0 Å². The number of carbonyl (C=O) groups excluding carboxylic acids is 1. The molecule has 1 heterocycles. The highest BCUT2D eigenvalue weighted by Gasteiger charge is 2.21. The number of rotatable bonds is 3. The van der Waals surface area contributed by atoms with Gasteiger partial charge in [0.1, 0.15) is 17.5 Å². The van der Waals surface area contributed by atoms with E-state index in [1.807, 2.05) is 0 Å². The molecule has 0 aromatic carbocycles. The van der Waals surface area contributed by atoms with Gasteiger partial charge in [-0.05, 0) is 19.1 Å². The van der Waals surface area contributed by atoms with Crippen LogP contribution in [0.3, 0.4) is 0 Å². The van der Waals surface area contributed by atoms with Gasteiger partial charge in [-0.25, -0.2) is 18.6 Å². The third kappa shape index (κ3) is 2.51. The molecule has 0 saturated heterocycles. The second kappa shape index (κ2) is 5.16. The molecule has 84 valence electrons. The first-order valence-electron chi connectivity index (χ1n) is 4.46. The molecule has 1 rings (SSSR count). The van der Waals surface area contributed by atoms with Crippen molar-refractivity contribution in [1.29, 1.82) is 5.26 Å². The highest BCUT2D eigenvalue weighted by atomic mass is 19.3. The second-order valence-electron chi connectivity index (χ2n) is 2.76. The van der Waals surface area contributed by atoms with E-state index in [1.54, 1.807) is 13.0 Å². The Kier molecular flexibility index (Phi) is 3.89. The molecular formula is C10H8F2N2O2. The van der Waals surface area contributed by atoms with Gasteiger partial charge in [0.15, 0.2) is 0 Å². The van der Waals surface area contributed by atoms with Crippen molar-refractivity contribution in [3.8, 4) is 6.07 Å². The molecule has 0 aliphatic heterocycles. The van der Waals surface area contributed by atoms with Crippen molar-refractivity contribution in [2.75, 3.05) is 6.61 Å². The van der Waals surface area contributed by atoms with Gasteiger partial charge in [0.2, 0.25) is 0 Å². The third-order valence-corrected chi connectivity index (χ3v) is 1.74. The lowest BCUT2D eigenvalue weighted by Gasteiger charge is -2.06. The lowest BCUT2D eigenvalue weighted by Crippen LogP contribution is -2.10. The van der Waals surface area contributed by atoms with Crippen molar-refractivity contribution < 1.29 is 18.3 Å². The molecule has 0 aliphatic rings. The van der Waals surface area contributed by atoms with Crippen molar-refractivity contribution in [3.05, 3.63) is 29.1 Å². The van der Waals surface area contributed by atoms with E-state index in [9.17, 15) is 13.6 Å². The number of aromatic nitrogens is 1. The van der Waals surface area contributed by atoms with E-state index < -0.39 is 18.1 Å². The fourth-order valence-electron chi connectivity index (χ4n) is 1.08. The van der Waals surface area contributed by atoms with E-state index in [4.69, 9.17) is 5.26 Å². The smallest absolute Gasteiger partial charge is 0.340 e. The minimum atomic E-state index is -2.92. The van der Waals surface area contributed by atoms with E-state index in [-0.39, 0.29) is 17.9 Å². The summed E-state index contributed by atoms with van der Waals surface area (Å²) in [6, 6.07) is 3.93. The van der Waals surface area contributed by atoms with Crippen LogP contribution in [-0.2, 0) is 4.74 Å². The summed E-state index contributed by atoms with van der Waals surface area (Å²) in [5.41, 5.74) is -1.20. The lowest BCUT2D eigenvalue weighted by atomic mass is 10.2. The van der Waals surface area contributed by atoms with Crippen LogP contribution in [0.5, 0.6) is 0 Å². The number of halogens is 2. The number of carbonyl (C=O) groups is 1. The Bertz CT molecular complexity index is 441. The Hall–Kier alpha value is -2.03. The van der Waals surface area contributed by atoms with E-state index in [2.05, 4.69) is 9.72 Å². The van der Waals surface area contributed by atoms with Crippen LogP contribution in [0.4, 0.5) is 8.78 Å². The van der Waals surface area contributed by atoms with Crippen molar-refractivity contribution >= 4 is 5.97 Å². The van der Waals surface area contributed by atoms with Gasteiger partial charge in [0.05, 0.1) is 12.2 Å². The fourth-order valence-corrected chi connectivity index (χ4v) is 1.08. The molecule has 0 radical (unpaired) electrons. The maximum atomic E-state index is 12.6. The number of ether oxygens (including phenoxy) is 1. The highest BCUT2D eigenvalue weighted by Crippen LogP contribution is 2.21. The van der Waals surface area contributed by atoms with E-state index in [0.717, 1.165) is 6.07 Å². The second-order valence-corrected chi connectivity index (χ2v) is 2.76. The van der Waals surface area contributed by atoms with Crippen molar-refractivity contribution in [1.82, 2.24) is 4.98 Å². The minimum absolute atomic E-state index is 0.0848. The summed E-state index contributed by atoms with van der Waals surface area (Å²) in [5, 5.41) is 8.50. The van der Waals surface area contributed by atoms with E-state index >= 15 is 0 Å². The maximum absolute atomic E-state index is 12.6. The molecule has 16 heavy (non-hydrogen) atoms. The minimum Gasteiger partial charge on any atom is -0.462 e. The zero-order chi connectivity index (χ0) is 12.1. The first-order valence-corrected chi connectivity index (χ1v) is 4.46. The van der Waals surface area contributed by atoms with Gasteiger partial charge in [-0.3, -0.25) is 0 Å². The average molecular weight is 226 g/mol. The van der Waals surface area contributed by atoms with Crippen LogP contribution in [0.15, 0.2) is 12.1 Å². The monoisotopic (exact) mass is 226 g/mol. The van der Waals surface area contributed by atoms with E-state index in [1.165, 1.54) is 6.07 Å². The average Bonchev–Trinajstić information content (AvgIpc) is 2.28. The summed E-state index contributed by atoms with van der Waals surface area (Å²) in [5.74, 6) is -0.866. The molecule has 1 aromatic heterocycles. The van der Waals surface area contributed by atoms with E-state index in [0.29, 0.717) is 0 Å². The molecule has 0 aliphatic carbocycles. The van der Waals surface area contributed by atoms with Crippen LogP contribution < -0.4 is 0 Å². The number of nitrogens with zero attached hydrogens (tertiary/aromatic N) is 2. The Morgan fingerprint density at radius 3 is 2.81 bits per heavy atom. The Labute approximate surface area is 90.5 Å². The van der Waals surface area contributed by atoms with Crippen molar-refractivity contribution in [3.63, 3.8) is 0 Å².